The molecule has 1 unspecified atom stereocenters. The molecule has 2 rings (SSSR count). The first-order valence-corrected chi connectivity index (χ1v) is 8.82. The van der Waals surface area contributed by atoms with Crippen LogP contribution in [0.15, 0.2) is 29.2 Å². The third kappa shape index (κ3) is 3.65. The van der Waals surface area contributed by atoms with Gasteiger partial charge in [0.1, 0.15) is 0 Å². The third-order valence-electron chi connectivity index (χ3n) is 3.99. The van der Waals surface area contributed by atoms with Crippen molar-refractivity contribution >= 4 is 10.0 Å². The molecule has 0 aliphatic heterocycles. The van der Waals surface area contributed by atoms with Crippen LogP contribution in [0, 0.1) is 5.92 Å². The minimum Gasteiger partial charge on any atom is -0.391 e. The fourth-order valence-corrected chi connectivity index (χ4v) is 4.06. The fraction of sp³-hybridized carbons (Fsp3) is 0.625. The van der Waals surface area contributed by atoms with Gasteiger partial charge in [0, 0.05) is 13.6 Å². The molecule has 0 saturated heterocycles. The molecule has 0 aromatic heterocycles. The average molecular weight is 311 g/mol. The second kappa shape index (κ2) is 5.71. The summed E-state index contributed by atoms with van der Waals surface area (Å²) in [5, 5.41) is 9.99. The molecule has 1 saturated carbocycles. The molecule has 0 amide bonds. The molecule has 118 valence electrons. The van der Waals surface area contributed by atoms with E-state index in [1.165, 1.54) is 4.31 Å². The van der Waals surface area contributed by atoms with Crippen LogP contribution in [0.3, 0.4) is 0 Å². The Bertz CT molecular complexity index is 600. The Hall–Kier alpha value is -0.910. The van der Waals surface area contributed by atoms with Crippen molar-refractivity contribution in [2.45, 2.75) is 50.0 Å². The summed E-state index contributed by atoms with van der Waals surface area (Å²) >= 11 is 0. The summed E-state index contributed by atoms with van der Waals surface area (Å²) in [7, 11) is -2.04. The number of hydrogen-bond acceptors (Lipinski definition) is 3. The molecule has 21 heavy (non-hydrogen) atoms. The van der Waals surface area contributed by atoms with Gasteiger partial charge in [0.2, 0.25) is 10.0 Å². The van der Waals surface area contributed by atoms with E-state index in [1.54, 1.807) is 19.2 Å². The van der Waals surface area contributed by atoms with Crippen molar-refractivity contribution in [1.29, 1.82) is 0 Å². The Morgan fingerprint density at radius 2 is 1.86 bits per heavy atom. The van der Waals surface area contributed by atoms with Gasteiger partial charge in [0.15, 0.2) is 0 Å². The van der Waals surface area contributed by atoms with Crippen LogP contribution in [0.2, 0.25) is 0 Å². The van der Waals surface area contributed by atoms with E-state index in [4.69, 9.17) is 0 Å². The molecule has 5 heteroatoms. The number of rotatable bonds is 5. The fourth-order valence-electron chi connectivity index (χ4n) is 2.47. The van der Waals surface area contributed by atoms with Crippen molar-refractivity contribution in [2.24, 2.45) is 5.92 Å². The van der Waals surface area contributed by atoms with E-state index in [0.717, 1.165) is 18.4 Å². The van der Waals surface area contributed by atoms with E-state index < -0.39 is 16.1 Å². The lowest BCUT2D eigenvalue weighted by Gasteiger charge is -2.26. The maximum Gasteiger partial charge on any atom is 0.243 e. The maximum absolute atomic E-state index is 12.8. The first-order chi connectivity index (χ1) is 9.64. The van der Waals surface area contributed by atoms with E-state index in [9.17, 15) is 13.5 Å². The smallest absolute Gasteiger partial charge is 0.243 e. The predicted octanol–water partition coefficient (Wildman–Crippen LogP) is 2.38. The summed E-state index contributed by atoms with van der Waals surface area (Å²) in [6, 6.07) is 7.11. The van der Waals surface area contributed by atoms with E-state index in [1.807, 2.05) is 32.9 Å². The van der Waals surface area contributed by atoms with Crippen LogP contribution < -0.4 is 0 Å². The second-order valence-electron chi connectivity index (χ2n) is 6.94. The average Bonchev–Trinajstić information content (AvgIpc) is 3.21. The monoisotopic (exact) mass is 311 g/mol. The second-order valence-corrected chi connectivity index (χ2v) is 8.95. The van der Waals surface area contributed by atoms with Crippen molar-refractivity contribution in [3.63, 3.8) is 0 Å². The van der Waals surface area contributed by atoms with Gasteiger partial charge >= 0.3 is 0 Å². The number of nitrogens with zero attached hydrogens (tertiary/aromatic N) is 1. The van der Waals surface area contributed by atoms with Gasteiger partial charge in [0.05, 0.1) is 11.0 Å². The highest BCUT2D eigenvalue weighted by atomic mass is 32.2. The van der Waals surface area contributed by atoms with Gasteiger partial charge in [-0.2, -0.15) is 4.31 Å². The highest BCUT2D eigenvalue weighted by molar-refractivity contribution is 7.89. The van der Waals surface area contributed by atoms with Gasteiger partial charge in [0.25, 0.3) is 0 Å². The van der Waals surface area contributed by atoms with Crippen LogP contribution in [-0.2, 0) is 15.4 Å². The molecule has 0 spiro atoms. The van der Waals surface area contributed by atoms with Gasteiger partial charge in [-0.1, -0.05) is 39.0 Å². The highest BCUT2D eigenvalue weighted by Gasteiger charge is 2.34. The van der Waals surface area contributed by atoms with Crippen LogP contribution in [0.5, 0.6) is 0 Å². The number of aliphatic hydroxyl groups excluding tert-OH is 1. The summed E-state index contributed by atoms with van der Waals surface area (Å²) in [5.41, 5.74) is 0.553. The van der Waals surface area contributed by atoms with E-state index in [2.05, 4.69) is 0 Å². The molecule has 1 aliphatic rings. The van der Waals surface area contributed by atoms with Crippen molar-refractivity contribution < 1.29 is 13.5 Å². The lowest BCUT2D eigenvalue weighted by Crippen LogP contribution is -2.36. The van der Waals surface area contributed by atoms with E-state index in [-0.39, 0.29) is 17.9 Å². The summed E-state index contributed by atoms with van der Waals surface area (Å²) in [5.74, 6) is 0.264. The zero-order valence-electron chi connectivity index (χ0n) is 13.2. The third-order valence-corrected chi connectivity index (χ3v) is 5.88. The zero-order valence-corrected chi connectivity index (χ0v) is 14.0. The highest BCUT2D eigenvalue weighted by Crippen LogP contribution is 2.34. The van der Waals surface area contributed by atoms with Crippen molar-refractivity contribution in [2.75, 3.05) is 13.6 Å². The quantitative estimate of drug-likeness (QED) is 0.908. The Morgan fingerprint density at radius 3 is 2.38 bits per heavy atom. The van der Waals surface area contributed by atoms with Crippen LogP contribution >= 0.6 is 0 Å². The number of aliphatic hydroxyl groups is 1. The summed E-state index contributed by atoms with van der Waals surface area (Å²) in [6.07, 6.45) is 1.42. The number of likely N-dealkylation sites (N-methyl/N-ethyl adjacent to an activating group) is 1. The Kier molecular flexibility index (Phi) is 4.47. The molecule has 0 heterocycles. The molecular formula is C16H25NO3S. The minimum atomic E-state index is -3.58. The van der Waals surface area contributed by atoms with Gasteiger partial charge in [-0.05, 0) is 35.8 Å². The number of hydrogen-bond donors (Lipinski definition) is 1. The van der Waals surface area contributed by atoms with Gasteiger partial charge in [-0.25, -0.2) is 8.42 Å². The first kappa shape index (κ1) is 16.5. The van der Waals surface area contributed by atoms with Crippen molar-refractivity contribution in [3.8, 4) is 0 Å². The van der Waals surface area contributed by atoms with Gasteiger partial charge < -0.3 is 5.11 Å². The Balaban J connectivity index is 2.30. The topological polar surface area (TPSA) is 57.6 Å². The Labute approximate surface area is 127 Å². The van der Waals surface area contributed by atoms with E-state index in [0.29, 0.717) is 4.90 Å². The molecule has 1 aliphatic carbocycles. The molecular weight excluding hydrogens is 286 g/mol. The van der Waals surface area contributed by atoms with Crippen molar-refractivity contribution in [3.05, 3.63) is 29.8 Å². The lowest BCUT2D eigenvalue weighted by molar-refractivity contribution is 0.131. The zero-order chi connectivity index (χ0) is 15.8. The predicted molar refractivity (Wildman–Crippen MR) is 83.7 cm³/mol. The molecule has 4 nitrogen and oxygen atoms in total. The molecule has 0 bridgehead atoms. The molecule has 0 radical (unpaired) electrons. The summed E-state index contributed by atoms with van der Waals surface area (Å²) in [6.45, 7) is 6.16. The first-order valence-electron chi connectivity index (χ1n) is 7.38. The molecule has 1 aromatic carbocycles. The molecule has 1 N–H and O–H groups in total. The normalized spacial score (nSPS) is 18.0. The van der Waals surface area contributed by atoms with Crippen molar-refractivity contribution in [1.82, 2.24) is 4.31 Å². The number of benzene rings is 1. The maximum atomic E-state index is 12.8. The van der Waals surface area contributed by atoms with Crippen LogP contribution in [0.25, 0.3) is 0 Å². The molecule has 1 aromatic rings. The standard InChI is InChI=1S/C16H25NO3S/c1-16(2,3)13-7-5-6-8-15(13)21(19,20)17(4)11-14(18)12-9-10-12/h5-8,12,14,18H,9-11H2,1-4H3. The summed E-state index contributed by atoms with van der Waals surface area (Å²) < 4.78 is 26.9. The Morgan fingerprint density at radius 1 is 1.29 bits per heavy atom. The summed E-state index contributed by atoms with van der Waals surface area (Å²) in [4.78, 5) is 0.336. The molecule has 1 fully saturated rings. The van der Waals surface area contributed by atoms with Gasteiger partial charge in [-0.3, -0.25) is 0 Å². The van der Waals surface area contributed by atoms with Gasteiger partial charge in [-0.15, -0.1) is 0 Å². The lowest BCUT2D eigenvalue weighted by atomic mass is 9.87. The van der Waals surface area contributed by atoms with Crippen LogP contribution in [0.4, 0.5) is 0 Å². The SMILES string of the molecule is CN(CC(O)C1CC1)S(=O)(=O)c1ccccc1C(C)(C)C. The number of sulfonamides is 1. The van der Waals surface area contributed by atoms with Crippen LogP contribution in [-0.4, -0.2) is 37.5 Å². The van der Waals surface area contributed by atoms with Crippen LogP contribution in [0.1, 0.15) is 39.2 Å². The molecule has 1 atom stereocenters. The largest absolute Gasteiger partial charge is 0.391 e. The minimum absolute atomic E-state index is 0.158. The van der Waals surface area contributed by atoms with E-state index >= 15 is 0 Å².